The van der Waals surface area contributed by atoms with Crippen LogP contribution in [0.15, 0.2) is 60.2 Å². The van der Waals surface area contributed by atoms with Crippen molar-refractivity contribution >= 4 is 20.4 Å². The Bertz CT molecular complexity index is 1050. The molecule has 0 spiro atoms. The van der Waals surface area contributed by atoms with Crippen LogP contribution in [0.25, 0.3) is 11.1 Å². The summed E-state index contributed by atoms with van der Waals surface area (Å²) in [5.41, 5.74) is 4.99. The van der Waals surface area contributed by atoms with E-state index in [1.54, 1.807) is 6.08 Å². The Labute approximate surface area is 222 Å². The Hall–Kier alpha value is -2.90. The molecule has 0 aliphatic heterocycles. The minimum absolute atomic E-state index is 0.0184. The van der Waals surface area contributed by atoms with Gasteiger partial charge < -0.3 is 19.6 Å². The molecule has 200 valence electrons. The fourth-order valence-electron chi connectivity index (χ4n) is 5.18. The zero-order valence-corrected chi connectivity index (χ0v) is 23.8. The van der Waals surface area contributed by atoms with E-state index in [-0.39, 0.29) is 25.0 Å². The van der Waals surface area contributed by atoms with Crippen molar-refractivity contribution in [3.05, 3.63) is 71.3 Å². The van der Waals surface area contributed by atoms with Crippen molar-refractivity contribution < 1.29 is 23.9 Å². The number of fused-ring (bicyclic) bond motifs is 3. The molecule has 1 atom stereocenters. The predicted octanol–water partition coefficient (Wildman–Crippen LogP) is 6.97. The van der Waals surface area contributed by atoms with Gasteiger partial charge in [-0.1, -0.05) is 83.1 Å². The summed E-state index contributed by atoms with van der Waals surface area (Å²) < 4.78 is 12.3. The number of carboxylic acid groups (broad SMARTS) is 1. The number of nitrogens with one attached hydrogen (secondary N) is 1. The number of ether oxygens (including phenoxy) is 1. The first kappa shape index (κ1) is 28.7. The number of rotatable bonds is 13. The number of hydrogen-bond acceptors (Lipinski definition) is 4. The maximum atomic E-state index is 12.8. The summed E-state index contributed by atoms with van der Waals surface area (Å²) in [5, 5.41) is 12.6. The van der Waals surface area contributed by atoms with E-state index in [9.17, 15) is 14.7 Å². The summed E-state index contributed by atoms with van der Waals surface area (Å²) in [7, 11) is -2.04. The van der Waals surface area contributed by atoms with Gasteiger partial charge in [-0.2, -0.15) is 0 Å². The molecular formula is C30H41NO5Si. The van der Waals surface area contributed by atoms with E-state index in [0.717, 1.165) is 29.3 Å². The average molecular weight is 524 g/mol. The van der Waals surface area contributed by atoms with E-state index >= 15 is 0 Å². The molecule has 3 rings (SSSR count). The summed E-state index contributed by atoms with van der Waals surface area (Å²) in [6, 6.07) is 19.2. The molecule has 2 aromatic carbocycles. The van der Waals surface area contributed by atoms with Crippen LogP contribution in [0.4, 0.5) is 4.79 Å². The number of carbonyl (C=O) groups is 2. The molecule has 0 fully saturated rings. The lowest BCUT2D eigenvalue weighted by molar-refractivity contribution is -0.133. The van der Waals surface area contributed by atoms with Gasteiger partial charge in [0.1, 0.15) is 6.61 Å². The maximum Gasteiger partial charge on any atom is 0.407 e. The van der Waals surface area contributed by atoms with E-state index in [1.807, 2.05) is 38.1 Å². The van der Waals surface area contributed by atoms with Crippen LogP contribution in [0.2, 0.25) is 18.1 Å². The lowest BCUT2D eigenvalue weighted by Crippen LogP contribution is -2.44. The van der Waals surface area contributed by atoms with Crippen LogP contribution >= 0.6 is 0 Å². The molecule has 0 saturated heterocycles. The van der Waals surface area contributed by atoms with Crippen LogP contribution in [0.1, 0.15) is 58.1 Å². The molecule has 0 bridgehead atoms. The minimum Gasteiger partial charge on any atom is -0.478 e. The Morgan fingerprint density at radius 3 is 2.00 bits per heavy atom. The molecule has 1 aliphatic rings. The predicted molar refractivity (Wildman–Crippen MR) is 150 cm³/mol. The van der Waals surface area contributed by atoms with E-state index < -0.39 is 26.5 Å². The molecule has 0 aromatic heterocycles. The minimum atomic E-state index is -2.04. The summed E-state index contributed by atoms with van der Waals surface area (Å²) in [6.45, 7) is 10.8. The van der Waals surface area contributed by atoms with Crippen molar-refractivity contribution in [2.75, 3.05) is 13.2 Å². The van der Waals surface area contributed by atoms with Crippen LogP contribution in [-0.4, -0.2) is 44.7 Å². The molecule has 2 aromatic rings. The van der Waals surface area contributed by atoms with E-state index in [0.29, 0.717) is 12.0 Å². The first-order valence-corrected chi connectivity index (χ1v) is 16.0. The number of amides is 1. The molecule has 0 radical (unpaired) electrons. The van der Waals surface area contributed by atoms with Crippen LogP contribution < -0.4 is 5.32 Å². The maximum absolute atomic E-state index is 12.8. The summed E-state index contributed by atoms with van der Waals surface area (Å²) in [4.78, 5) is 24.7. The van der Waals surface area contributed by atoms with Gasteiger partial charge in [0.05, 0.1) is 6.10 Å². The molecular weight excluding hydrogens is 482 g/mol. The van der Waals surface area contributed by atoms with Gasteiger partial charge in [-0.05, 0) is 58.8 Å². The summed E-state index contributed by atoms with van der Waals surface area (Å²) in [5.74, 6) is -0.765. The number of alkyl carbamates (subject to hydrolysis) is 1. The molecule has 0 unspecified atom stereocenters. The largest absolute Gasteiger partial charge is 0.478 e. The van der Waals surface area contributed by atoms with Crippen molar-refractivity contribution in [2.24, 2.45) is 5.92 Å². The fourth-order valence-corrected chi connectivity index (χ4v) is 7.97. The lowest BCUT2D eigenvalue weighted by Gasteiger charge is -2.32. The van der Waals surface area contributed by atoms with Gasteiger partial charge in [-0.15, -0.1) is 0 Å². The molecule has 6 nitrogen and oxygen atoms in total. The third-order valence-corrected chi connectivity index (χ3v) is 12.1. The quantitative estimate of drug-likeness (QED) is 0.219. The molecule has 7 heteroatoms. The number of carboxylic acids is 1. The highest BCUT2D eigenvalue weighted by molar-refractivity contribution is 6.73. The molecule has 37 heavy (non-hydrogen) atoms. The van der Waals surface area contributed by atoms with Crippen LogP contribution in [0, 0.1) is 5.92 Å². The van der Waals surface area contributed by atoms with Crippen LogP contribution in [0.5, 0.6) is 0 Å². The average Bonchev–Trinajstić information content (AvgIpc) is 3.22. The molecule has 2 N–H and O–H groups in total. The number of benzene rings is 2. The highest BCUT2D eigenvalue weighted by Gasteiger charge is 2.33. The van der Waals surface area contributed by atoms with Crippen molar-refractivity contribution in [3.63, 3.8) is 0 Å². The second-order valence-corrected chi connectivity index (χ2v) is 14.9. The molecule has 0 heterocycles. The Kier molecular flexibility index (Phi) is 10.1. The third kappa shape index (κ3) is 7.11. The Balaban J connectivity index is 1.71. The van der Waals surface area contributed by atoms with Gasteiger partial charge >= 0.3 is 12.1 Å². The lowest BCUT2D eigenvalue weighted by atomic mass is 9.98. The summed E-state index contributed by atoms with van der Waals surface area (Å²) in [6.07, 6.45) is 1.09. The van der Waals surface area contributed by atoms with Crippen molar-refractivity contribution in [1.82, 2.24) is 5.32 Å². The van der Waals surface area contributed by atoms with Gasteiger partial charge in [0.2, 0.25) is 0 Å². The highest BCUT2D eigenvalue weighted by atomic mass is 28.4. The van der Waals surface area contributed by atoms with Gasteiger partial charge in [0.25, 0.3) is 0 Å². The zero-order valence-electron chi connectivity index (χ0n) is 22.8. The first-order valence-electron chi connectivity index (χ1n) is 13.4. The van der Waals surface area contributed by atoms with Crippen molar-refractivity contribution in [3.8, 4) is 11.1 Å². The standard InChI is InChI=1S/C30H41NO5Si/c1-6-37(7-2,8-3)36-23(18-22(29(32)33)17-21(4)5)19-31-30(34)35-20-28-26-15-11-9-13-24(26)25-14-10-12-16-27(25)28/h9-16,18,21,23,28H,6-8,17,19-20H2,1-5H3,(H,31,34)(H,32,33)/b22-18+/t23-/m1/s1. The second kappa shape index (κ2) is 13.1. The topological polar surface area (TPSA) is 84.9 Å². The van der Waals surface area contributed by atoms with Crippen LogP contribution in [0.3, 0.4) is 0 Å². The first-order chi connectivity index (χ1) is 17.7. The number of carbonyl (C=O) groups excluding carboxylic acids is 1. The van der Waals surface area contributed by atoms with Gasteiger partial charge in [-0.3, -0.25) is 0 Å². The van der Waals surface area contributed by atoms with Crippen molar-refractivity contribution in [2.45, 2.75) is 71.2 Å². The molecule has 1 amide bonds. The highest BCUT2D eigenvalue weighted by Crippen LogP contribution is 2.44. The Morgan fingerprint density at radius 2 is 1.51 bits per heavy atom. The van der Waals surface area contributed by atoms with Gasteiger partial charge in [0, 0.05) is 18.0 Å². The smallest absolute Gasteiger partial charge is 0.407 e. The second-order valence-electron chi connectivity index (χ2n) is 10.2. The van der Waals surface area contributed by atoms with Crippen LogP contribution in [-0.2, 0) is 14.0 Å². The third-order valence-electron chi connectivity index (χ3n) is 7.42. The van der Waals surface area contributed by atoms with E-state index in [1.165, 1.54) is 11.1 Å². The fraction of sp³-hybridized carbons (Fsp3) is 0.467. The van der Waals surface area contributed by atoms with Gasteiger partial charge in [-0.25, -0.2) is 9.59 Å². The monoisotopic (exact) mass is 523 g/mol. The number of hydrogen-bond donors (Lipinski definition) is 2. The van der Waals surface area contributed by atoms with E-state index in [2.05, 4.69) is 50.4 Å². The van der Waals surface area contributed by atoms with Gasteiger partial charge in [0.15, 0.2) is 8.32 Å². The SMILES string of the molecule is CC[Si](CC)(CC)O[C@H](/C=C(\CC(C)C)C(=O)O)CNC(=O)OCC1c2ccccc2-c2ccccc21. The zero-order chi connectivity index (χ0) is 27.0. The normalized spacial score (nSPS) is 14.3. The molecule has 1 aliphatic carbocycles. The van der Waals surface area contributed by atoms with E-state index in [4.69, 9.17) is 9.16 Å². The summed E-state index contributed by atoms with van der Waals surface area (Å²) >= 11 is 0. The Morgan fingerprint density at radius 1 is 0.973 bits per heavy atom. The molecule has 0 saturated carbocycles. The van der Waals surface area contributed by atoms with Crippen molar-refractivity contribution in [1.29, 1.82) is 0 Å². The number of aliphatic carboxylic acids is 1.